The van der Waals surface area contributed by atoms with E-state index in [1.165, 1.54) is 12.8 Å². The maximum absolute atomic E-state index is 12.4. The van der Waals surface area contributed by atoms with E-state index in [1.807, 2.05) is 18.0 Å². The summed E-state index contributed by atoms with van der Waals surface area (Å²) < 4.78 is 0. The molecule has 2 fully saturated rings. The molecule has 3 heterocycles. The Hall–Kier alpha value is -1.36. The van der Waals surface area contributed by atoms with Gasteiger partial charge in [-0.15, -0.1) is 0 Å². The zero-order valence-electron chi connectivity index (χ0n) is 12.3. The fourth-order valence-electron chi connectivity index (χ4n) is 3.30. The Morgan fingerprint density at radius 3 is 2.85 bits per heavy atom. The van der Waals surface area contributed by atoms with E-state index in [0.29, 0.717) is 18.4 Å². The predicted molar refractivity (Wildman–Crippen MR) is 77.6 cm³/mol. The SMILES string of the molecule is Cc1cnc([C@@H]2CCCN(C(=O)CN3CCCC3)C2)[nH]1. The van der Waals surface area contributed by atoms with Crippen molar-refractivity contribution >= 4 is 5.91 Å². The molecular formula is C15H24N4O. The highest BCUT2D eigenvalue weighted by Crippen LogP contribution is 2.25. The van der Waals surface area contributed by atoms with Crippen molar-refractivity contribution in [3.05, 3.63) is 17.7 Å². The van der Waals surface area contributed by atoms with Gasteiger partial charge < -0.3 is 9.88 Å². The Morgan fingerprint density at radius 1 is 1.35 bits per heavy atom. The number of likely N-dealkylation sites (tertiary alicyclic amines) is 2. The van der Waals surface area contributed by atoms with Crippen LogP contribution in [-0.4, -0.2) is 58.4 Å². The van der Waals surface area contributed by atoms with E-state index >= 15 is 0 Å². The molecule has 2 aliphatic rings. The molecule has 1 amide bonds. The van der Waals surface area contributed by atoms with Crippen molar-refractivity contribution in [2.24, 2.45) is 0 Å². The van der Waals surface area contributed by atoms with Crippen molar-refractivity contribution in [2.75, 3.05) is 32.7 Å². The second-order valence-corrected chi connectivity index (χ2v) is 6.11. The monoisotopic (exact) mass is 276 g/mol. The summed E-state index contributed by atoms with van der Waals surface area (Å²) >= 11 is 0. The Kier molecular flexibility index (Phi) is 4.05. The summed E-state index contributed by atoms with van der Waals surface area (Å²) in [6.45, 7) is 6.52. The first kappa shape index (κ1) is 13.6. The fraction of sp³-hybridized carbons (Fsp3) is 0.733. The standard InChI is InChI=1S/C15H24N4O/c1-12-9-16-15(17-12)13-5-4-8-19(10-13)14(20)11-18-6-2-3-7-18/h9,13H,2-8,10-11H2,1H3,(H,16,17)/t13-/m1/s1. The third kappa shape index (κ3) is 3.03. The smallest absolute Gasteiger partial charge is 0.236 e. The summed E-state index contributed by atoms with van der Waals surface area (Å²) in [7, 11) is 0. The molecule has 0 unspecified atom stereocenters. The lowest BCUT2D eigenvalue weighted by atomic mass is 9.97. The summed E-state index contributed by atoms with van der Waals surface area (Å²) in [6, 6.07) is 0. The molecule has 0 aliphatic carbocycles. The number of nitrogens with zero attached hydrogens (tertiary/aromatic N) is 3. The van der Waals surface area contributed by atoms with Gasteiger partial charge in [-0.2, -0.15) is 0 Å². The largest absolute Gasteiger partial charge is 0.346 e. The van der Waals surface area contributed by atoms with Crippen LogP contribution >= 0.6 is 0 Å². The van der Waals surface area contributed by atoms with Gasteiger partial charge in [0.25, 0.3) is 0 Å². The fourth-order valence-corrected chi connectivity index (χ4v) is 3.30. The number of carbonyl (C=O) groups excluding carboxylic acids is 1. The van der Waals surface area contributed by atoms with Gasteiger partial charge in [0.15, 0.2) is 0 Å². The van der Waals surface area contributed by atoms with E-state index in [0.717, 1.165) is 50.5 Å². The summed E-state index contributed by atoms with van der Waals surface area (Å²) in [6.07, 6.45) is 6.56. The molecule has 20 heavy (non-hydrogen) atoms. The number of piperidine rings is 1. The van der Waals surface area contributed by atoms with Gasteiger partial charge in [-0.05, 0) is 45.7 Å². The molecule has 2 saturated heterocycles. The van der Waals surface area contributed by atoms with Gasteiger partial charge in [-0.3, -0.25) is 9.69 Å². The van der Waals surface area contributed by atoms with E-state index in [-0.39, 0.29) is 0 Å². The van der Waals surface area contributed by atoms with Gasteiger partial charge in [0, 0.05) is 30.9 Å². The second kappa shape index (κ2) is 5.95. The highest BCUT2D eigenvalue weighted by molar-refractivity contribution is 5.78. The molecule has 3 rings (SSSR count). The van der Waals surface area contributed by atoms with E-state index < -0.39 is 0 Å². The van der Waals surface area contributed by atoms with Crippen molar-refractivity contribution in [3.8, 4) is 0 Å². The highest BCUT2D eigenvalue weighted by atomic mass is 16.2. The van der Waals surface area contributed by atoms with Crippen molar-refractivity contribution in [1.82, 2.24) is 19.8 Å². The second-order valence-electron chi connectivity index (χ2n) is 6.11. The van der Waals surface area contributed by atoms with Crippen LogP contribution in [0.1, 0.15) is 43.1 Å². The first-order valence-electron chi connectivity index (χ1n) is 7.74. The molecule has 2 aliphatic heterocycles. The van der Waals surface area contributed by atoms with Crippen molar-refractivity contribution in [2.45, 2.75) is 38.5 Å². The summed E-state index contributed by atoms with van der Waals surface area (Å²) in [5.74, 6) is 1.71. The van der Waals surface area contributed by atoms with Crippen LogP contribution in [0.25, 0.3) is 0 Å². The molecule has 0 saturated carbocycles. The Labute approximate surface area is 120 Å². The number of hydrogen-bond acceptors (Lipinski definition) is 3. The zero-order chi connectivity index (χ0) is 13.9. The summed E-state index contributed by atoms with van der Waals surface area (Å²) in [5, 5.41) is 0. The van der Waals surface area contributed by atoms with Crippen LogP contribution in [0.4, 0.5) is 0 Å². The molecule has 1 atom stereocenters. The first-order valence-corrected chi connectivity index (χ1v) is 7.74. The molecule has 110 valence electrons. The minimum atomic E-state index is 0.292. The van der Waals surface area contributed by atoms with E-state index in [1.54, 1.807) is 0 Å². The van der Waals surface area contributed by atoms with E-state index in [2.05, 4.69) is 14.9 Å². The Morgan fingerprint density at radius 2 is 2.15 bits per heavy atom. The molecule has 0 radical (unpaired) electrons. The maximum atomic E-state index is 12.4. The quantitative estimate of drug-likeness (QED) is 0.910. The van der Waals surface area contributed by atoms with Gasteiger partial charge in [0.1, 0.15) is 5.82 Å². The van der Waals surface area contributed by atoms with Gasteiger partial charge in [-0.25, -0.2) is 4.98 Å². The molecule has 1 N–H and O–H groups in total. The third-order valence-electron chi connectivity index (χ3n) is 4.44. The average molecular weight is 276 g/mol. The van der Waals surface area contributed by atoms with E-state index in [9.17, 15) is 4.79 Å². The predicted octanol–water partition coefficient (Wildman–Crippen LogP) is 1.52. The Bertz CT molecular complexity index is 464. The van der Waals surface area contributed by atoms with Crippen LogP contribution in [0.3, 0.4) is 0 Å². The van der Waals surface area contributed by atoms with Crippen LogP contribution in [0.2, 0.25) is 0 Å². The average Bonchev–Trinajstić information content (AvgIpc) is 3.10. The summed E-state index contributed by atoms with van der Waals surface area (Å²) in [5.41, 5.74) is 1.10. The topological polar surface area (TPSA) is 52.2 Å². The van der Waals surface area contributed by atoms with Crippen LogP contribution < -0.4 is 0 Å². The molecular weight excluding hydrogens is 252 g/mol. The minimum absolute atomic E-state index is 0.292. The minimum Gasteiger partial charge on any atom is -0.346 e. The number of amides is 1. The van der Waals surface area contributed by atoms with Crippen molar-refractivity contribution in [3.63, 3.8) is 0 Å². The third-order valence-corrected chi connectivity index (χ3v) is 4.44. The number of aromatic nitrogens is 2. The van der Waals surface area contributed by atoms with E-state index in [4.69, 9.17) is 0 Å². The molecule has 0 bridgehead atoms. The van der Waals surface area contributed by atoms with Gasteiger partial charge >= 0.3 is 0 Å². The van der Waals surface area contributed by atoms with Crippen molar-refractivity contribution < 1.29 is 4.79 Å². The number of carbonyl (C=O) groups is 1. The number of H-pyrrole nitrogens is 1. The van der Waals surface area contributed by atoms with Crippen LogP contribution in [0.5, 0.6) is 0 Å². The molecule has 5 nitrogen and oxygen atoms in total. The number of rotatable bonds is 3. The van der Waals surface area contributed by atoms with Crippen molar-refractivity contribution in [1.29, 1.82) is 0 Å². The molecule has 0 aromatic carbocycles. The number of aryl methyl sites for hydroxylation is 1. The lowest BCUT2D eigenvalue weighted by Crippen LogP contribution is -2.44. The molecule has 1 aromatic rings. The maximum Gasteiger partial charge on any atom is 0.236 e. The molecule has 5 heteroatoms. The normalized spacial score (nSPS) is 24.2. The molecule has 0 spiro atoms. The van der Waals surface area contributed by atoms with Crippen LogP contribution in [0.15, 0.2) is 6.20 Å². The lowest BCUT2D eigenvalue weighted by molar-refractivity contribution is -0.133. The molecule has 1 aromatic heterocycles. The summed E-state index contributed by atoms with van der Waals surface area (Å²) in [4.78, 5) is 24.5. The lowest BCUT2D eigenvalue weighted by Gasteiger charge is -2.33. The number of aromatic amines is 1. The zero-order valence-corrected chi connectivity index (χ0v) is 12.3. The van der Waals surface area contributed by atoms with Gasteiger partial charge in [0.2, 0.25) is 5.91 Å². The van der Waals surface area contributed by atoms with Gasteiger partial charge in [-0.1, -0.05) is 0 Å². The number of nitrogens with one attached hydrogen (secondary N) is 1. The van der Waals surface area contributed by atoms with Crippen LogP contribution in [-0.2, 0) is 4.79 Å². The number of imidazole rings is 1. The van der Waals surface area contributed by atoms with Crippen LogP contribution in [0, 0.1) is 6.92 Å². The number of hydrogen-bond donors (Lipinski definition) is 1. The first-order chi connectivity index (χ1) is 9.72. The van der Waals surface area contributed by atoms with Gasteiger partial charge in [0.05, 0.1) is 6.54 Å². The Balaban J connectivity index is 1.58. The highest BCUT2D eigenvalue weighted by Gasteiger charge is 2.27.